The number of carbonyl (C=O) groups excluding carboxylic acids is 2. The van der Waals surface area contributed by atoms with Crippen molar-refractivity contribution in [2.24, 2.45) is 5.92 Å². The smallest absolute Gasteiger partial charge is 0.309 e. The summed E-state index contributed by atoms with van der Waals surface area (Å²) in [6, 6.07) is 0.751. The fourth-order valence-electron chi connectivity index (χ4n) is 2.10. The molecule has 1 unspecified atom stereocenters. The van der Waals surface area contributed by atoms with E-state index < -0.39 is 40.7 Å². The highest BCUT2D eigenvalue weighted by atomic mass is 19.2. The molecule has 1 atom stereocenters. The molecule has 2 rings (SSSR count). The van der Waals surface area contributed by atoms with Crippen molar-refractivity contribution in [3.63, 3.8) is 0 Å². The number of methoxy groups -OCH3 is 1. The lowest BCUT2D eigenvalue weighted by Gasteiger charge is -2.22. The van der Waals surface area contributed by atoms with Crippen molar-refractivity contribution in [1.82, 2.24) is 0 Å². The number of benzene rings is 1. The second kappa shape index (κ2) is 4.44. The minimum absolute atomic E-state index is 0.00181. The lowest BCUT2D eigenvalue weighted by Crippen LogP contribution is -2.29. The molecule has 1 aliphatic rings. The second-order valence-corrected chi connectivity index (χ2v) is 4.07. The number of fused-ring (bicyclic) bond motifs is 1. The van der Waals surface area contributed by atoms with Crippen LogP contribution in [-0.4, -0.2) is 18.9 Å². The van der Waals surface area contributed by atoms with Crippen molar-refractivity contribution in [3.8, 4) is 0 Å². The van der Waals surface area contributed by atoms with Gasteiger partial charge in [0.1, 0.15) is 0 Å². The van der Waals surface area contributed by atoms with Gasteiger partial charge in [-0.05, 0) is 18.1 Å². The van der Waals surface area contributed by atoms with E-state index >= 15 is 0 Å². The highest BCUT2D eigenvalue weighted by Crippen LogP contribution is 2.30. The molecule has 0 saturated carbocycles. The summed E-state index contributed by atoms with van der Waals surface area (Å²) in [5.74, 6) is -6.65. The normalized spacial score (nSPS) is 18.4. The largest absolute Gasteiger partial charge is 0.469 e. The van der Waals surface area contributed by atoms with Gasteiger partial charge in [0, 0.05) is 6.42 Å². The van der Waals surface area contributed by atoms with E-state index in [0.29, 0.717) is 0 Å². The Morgan fingerprint density at radius 1 is 1.28 bits per heavy atom. The number of rotatable bonds is 1. The summed E-state index contributed by atoms with van der Waals surface area (Å²) in [6.45, 7) is 0. The molecule has 1 aromatic rings. The summed E-state index contributed by atoms with van der Waals surface area (Å²) >= 11 is 0. The van der Waals surface area contributed by atoms with Crippen molar-refractivity contribution in [2.45, 2.75) is 12.8 Å². The third kappa shape index (κ3) is 1.87. The summed E-state index contributed by atoms with van der Waals surface area (Å²) in [5.41, 5.74) is -0.466. The van der Waals surface area contributed by atoms with Crippen molar-refractivity contribution in [2.75, 3.05) is 7.11 Å². The molecule has 96 valence electrons. The molecule has 0 amide bonds. The average molecular weight is 258 g/mol. The Bertz CT molecular complexity index is 540. The van der Waals surface area contributed by atoms with Crippen LogP contribution < -0.4 is 0 Å². The van der Waals surface area contributed by atoms with E-state index in [1.54, 1.807) is 0 Å². The van der Waals surface area contributed by atoms with Crippen LogP contribution in [0.15, 0.2) is 6.07 Å². The van der Waals surface area contributed by atoms with E-state index in [0.717, 1.165) is 13.2 Å². The van der Waals surface area contributed by atoms with E-state index in [9.17, 15) is 22.8 Å². The Morgan fingerprint density at radius 3 is 2.56 bits per heavy atom. The van der Waals surface area contributed by atoms with Crippen LogP contribution in [0, 0.1) is 23.4 Å². The standard InChI is InChI=1S/C12H9F3O3/c1-18-12(17)6-2-5-3-7(13)10(14)11(15)9(5)8(16)4-6/h3,6H,2,4H2,1H3. The van der Waals surface area contributed by atoms with E-state index in [1.165, 1.54) is 0 Å². The summed E-state index contributed by atoms with van der Waals surface area (Å²) in [7, 11) is 1.16. The molecule has 0 heterocycles. The Morgan fingerprint density at radius 2 is 1.94 bits per heavy atom. The SMILES string of the molecule is COC(=O)C1CC(=O)c2c(cc(F)c(F)c2F)C1. The number of Topliss-reactive ketones (excluding diaryl/α,β-unsaturated/α-hetero) is 1. The molecule has 0 bridgehead atoms. The molecule has 1 aliphatic carbocycles. The van der Waals surface area contributed by atoms with Crippen molar-refractivity contribution in [3.05, 3.63) is 34.6 Å². The van der Waals surface area contributed by atoms with Gasteiger partial charge < -0.3 is 4.74 Å². The van der Waals surface area contributed by atoms with Gasteiger partial charge in [-0.15, -0.1) is 0 Å². The molecule has 0 aliphatic heterocycles. The molecular weight excluding hydrogens is 249 g/mol. The molecule has 0 spiro atoms. The minimum atomic E-state index is -1.67. The summed E-state index contributed by atoms with van der Waals surface area (Å²) in [5, 5.41) is 0. The second-order valence-electron chi connectivity index (χ2n) is 4.07. The molecule has 0 N–H and O–H groups in total. The maximum Gasteiger partial charge on any atom is 0.309 e. The first-order valence-electron chi connectivity index (χ1n) is 5.23. The lowest BCUT2D eigenvalue weighted by molar-refractivity contribution is -0.145. The molecule has 0 saturated heterocycles. The molecule has 1 aromatic carbocycles. The zero-order valence-corrected chi connectivity index (χ0v) is 9.43. The third-order valence-corrected chi connectivity index (χ3v) is 2.96. The van der Waals surface area contributed by atoms with Gasteiger partial charge in [0.2, 0.25) is 0 Å². The van der Waals surface area contributed by atoms with E-state index in [2.05, 4.69) is 4.74 Å². The summed E-state index contributed by atoms with van der Waals surface area (Å²) < 4.78 is 44.0. The first-order valence-corrected chi connectivity index (χ1v) is 5.23. The van der Waals surface area contributed by atoms with Gasteiger partial charge in [-0.3, -0.25) is 9.59 Å². The van der Waals surface area contributed by atoms with Crippen LogP contribution in [-0.2, 0) is 16.0 Å². The van der Waals surface area contributed by atoms with Crippen molar-refractivity contribution < 1.29 is 27.5 Å². The van der Waals surface area contributed by atoms with Crippen LogP contribution in [0.25, 0.3) is 0 Å². The monoisotopic (exact) mass is 258 g/mol. The number of esters is 1. The van der Waals surface area contributed by atoms with E-state index in [1.807, 2.05) is 0 Å². The Hall–Kier alpha value is -1.85. The lowest BCUT2D eigenvalue weighted by atomic mass is 9.82. The van der Waals surface area contributed by atoms with Crippen LogP contribution in [0.5, 0.6) is 0 Å². The molecule has 18 heavy (non-hydrogen) atoms. The number of hydrogen-bond acceptors (Lipinski definition) is 3. The number of ether oxygens (including phenoxy) is 1. The fraction of sp³-hybridized carbons (Fsp3) is 0.333. The first-order chi connectivity index (χ1) is 8.45. The van der Waals surface area contributed by atoms with Crippen molar-refractivity contribution in [1.29, 1.82) is 0 Å². The van der Waals surface area contributed by atoms with Crippen LogP contribution >= 0.6 is 0 Å². The topological polar surface area (TPSA) is 43.4 Å². The zero-order valence-electron chi connectivity index (χ0n) is 9.43. The van der Waals surface area contributed by atoms with Gasteiger partial charge in [-0.2, -0.15) is 0 Å². The zero-order chi connectivity index (χ0) is 13.4. The van der Waals surface area contributed by atoms with Gasteiger partial charge in [-0.25, -0.2) is 13.2 Å². The number of carbonyl (C=O) groups is 2. The highest BCUT2D eigenvalue weighted by Gasteiger charge is 2.34. The maximum atomic E-state index is 13.5. The van der Waals surface area contributed by atoms with E-state index in [4.69, 9.17) is 0 Å². The van der Waals surface area contributed by atoms with E-state index in [-0.39, 0.29) is 18.4 Å². The number of halogens is 3. The van der Waals surface area contributed by atoms with Gasteiger partial charge in [0.05, 0.1) is 18.6 Å². The van der Waals surface area contributed by atoms with Crippen LogP contribution in [0.2, 0.25) is 0 Å². The Kier molecular flexibility index (Phi) is 3.11. The van der Waals surface area contributed by atoms with Gasteiger partial charge in [-0.1, -0.05) is 0 Å². The van der Waals surface area contributed by atoms with Gasteiger partial charge in [0.15, 0.2) is 23.2 Å². The predicted molar refractivity (Wildman–Crippen MR) is 54.5 cm³/mol. The van der Waals surface area contributed by atoms with Crippen LogP contribution in [0.1, 0.15) is 22.3 Å². The quantitative estimate of drug-likeness (QED) is 0.571. The van der Waals surface area contributed by atoms with Gasteiger partial charge in [0.25, 0.3) is 0 Å². The predicted octanol–water partition coefficient (Wildman–Crippen LogP) is 2.02. The van der Waals surface area contributed by atoms with Crippen LogP contribution in [0.3, 0.4) is 0 Å². The van der Waals surface area contributed by atoms with Crippen LogP contribution in [0.4, 0.5) is 13.2 Å². The summed E-state index contributed by atoms with van der Waals surface area (Å²) in [6.07, 6.45) is -0.302. The Labute approximate surface area is 101 Å². The highest BCUT2D eigenvalue weighted by molar-refractivity contribution is 6.01. The van der Waals surface area contributed by atoms with Crippen molar-refractivity contribution >= 4 is 11.8 Å². The summed E-state index contributed by atoms with van der Waals surface area (Å²) in [4.78, 5) is 23.0. The average Bonchev–Trinajstić information content (AvgIpc) is 2.34. The molecule has 0 aromatic heterocycles. The minimum Gasteiger partial charge on any atom is -0.469 e. The Balaban J connectivity index is 2.49. The molecule has 3 nitrogen and oxygen atoms in total. The molecular formula is C12H9F3O3. The third-order valence-electron chi connectivity index (χ3n) is 2.96. The van der Waals surface area contributed by atoms with Gasteiger partial charge >= 0.3 is 5.97 Å². The first kappa shape index (κ1) is 12.6. The molecule has 6 heteroatoms. The maximum absolute atomic E-state index is 13.5. The number of hydrogen-bond donors (Lipinski definition) is 0. The number of ketones is 1. The fourth-order valence-corrected chi connectivity index (χ4v) is 2.10. The molecule has 0 radical (unpaired) electrons. The molecule has 0 fully saturated rings.